The highest BCUT2D eigenvalue weighted by Crippen LogP contribution is 2.51. The van der Waals surface area contributed by atoms with Gasteiger partial charge in [0.25, 0.3) is 0 Å². The van der Waals surface area contributed by atoms with Gasteiger partial charge in [-0.1, -0.05) is 19.1 Å². The third-order valence-electron chi connectivity index (χ3n) is 5.69. The largest absolute Gasteiger partial charge is 0.461 e. The van der Waals surface area contributed by atoms with Crippen LogP contribution >= 0.6 is 0 Å². The standard InChI is InChI=1S/C16H22O6S/c1-7-4-12(18)14-10(6-23(20)21-3)16(19)22-15(14)13-8(2)11(17)5-9(7)13/h8-10,12-15,18H,1,4-6H2,2-3H3. The molecule has 7 heteroatoms. The molecule has 3 fully saturated rings. The minimum atomic E-state index is -1.61. The third kappa shape index (κ3) is 2.68. The maximum absolute atomic E-state index is 12.3. The fourth-order valence-corrected chi connectivity index (χ4v) is 5.28. The number of carbonyl (C=O) groups is 2. The van der Waals surface area contributed by atoms with Crippen molar-refractivity contribution in [1.29, 1.82) is 0 Å². The van der Waals surface area contributed by atoms with Gasteiger partial charge < -0.3 is 9.84 Å². The van der Waals surface area contributed by atoms with E-state index in [1.54, 1.807) is 0 Å². The van der Waals surface area contributed by atoms with E-state index in [-0.39, 0.29) is 29.3 Å². The molecule has 128 valence electrons. The number of Topliss-reactive ketones (excluding diaryl/α,β-unsaturated/α-hetero) is 1. The molecular formula is C16H22O6S. The van der Waals surface area contributed by atoms with Crippen LogP contribution in [-0.2, 0) is 29.6 Å². The Morgan fingerprint density at radius 1 is 1.35 bits per heavy atom. The molecule has 0 spiro atoms. The molecule has 0 aromatic heterocycles. The molecule has 1 heterocycles. The first-order chi connectivity index (χ1) is 10.8. The highest BCUT2D eigenvalue weighted by Gasteiger charge is 2.59. The summed E-state index contributed by atoms with van der Waals surface area (Å²) in [6.45, 7) is 5.90. The molecule has 0 amide bonds. The lowest BCUT2D eigenvalue weighted by molar-refractivity contribution is -0.147. The molecule has 3 aliphatic rings. The zero-order valence-corrected chi connectivity index (χ0v) is 14.1. The van der Waals surface area contributed by atoms with Crippen LogP contribution in [0.15, 0.2) is 12.2 Å². The molecule has 2 saturated carbocycles. The van der Waals surface area contributed by atoms with Crippen molar-refractivity contribution < 1.29 is 27.8 Å². The molecule has 0 radical (unpaired) electrons. The topological polar surface area (TPSA) is 89.9 Å². The summed E-state index contributed by atoms with van der Waals surface area (Å²) in [7, 11) is 1.31. The molecule has 0 aromatic carbocycles. The van der Waals surface area contributed by atoms with Gasteiger partial charge >= 0.3 is 5.97 Å². The molecule has 8 unspecified atom stereocenters. The summed E-state index contributed by atoms with van der Waals surface area (Å²) in [6.07, 6.45) is -0.574. The van der Waals surface area contributed by atoms with Gasteiger partial charge in [-0.2, -0.15) is 0 Å². The third-order valence-corrected chi connectivity index (χ3v) is 6.69. The molecule has 1 saturated heterocycles. The Morgan fingerprint density at radius 2 is 2.04 bits per heavy atom. The van der Waals surface area contributed by atoms with Gasteiger partial charge in [0.15, 0.2) is 11.1 Å². The molecule has 3 rings (SSSR count). The lowest BCUT2D eigenvalue weighted by Gasteiger charge is -2.29. The second kappa shape index (κ2) is 6.11. The predicted octanol–water partition coefficient (Wildman–Crippen LogP) is 0.616. The maximum Gasteiger partial charge on any atom is 0.310 e. The summed E-state index contributed by atoms with van der Waals surface area (Å²) in [5.74, 6) is -1.89. The van der Waals surface area contributed by atoms with Crippen molar-refractivity contribution in [2.75, 3.05) is 12.9 Å². The summed E-state index contributed by atoms with van der Waals surface area (Å²) in [5, 5.41) is 10.6. The summed E-state index contributed by atoms with van der Waals surface area (Å²) in [6, 6.07) is 0. The quantitative estimate of drug-likeness (QED) is 0.597. The molecule has 23 heavy (non-hydrogen) atoms. The average Bonchev–Trinajstić information content (AvgIpc) is 2.93. The van der Waals surface area contributed by atoms with Crippen LogP contribution in [0.1, 0.15) is 19.8 Å². The number of aliphatic hydroxyl groups excluding tert-OH is 1. The van der Waals surface area contributed by atoms with Crippen molar-refractivity contribution in [2.45, 2.75) is 32.0 Å². The van der Waals surface area contributed by atoms with E-state index in [0.29, 0.717) is 12.8 Å². The van der Waals surface area contributed by atoms with Gasteiger partial charge in [-0.25, -0.2) is 4.21 Å². The van der Waals surface area contributed by atoms with Crippen molar-refractivity contribution in [3.63, 3.8) is 0 Å². The molecule has 2 aliphatic carbocycles. The minimum absolute atomic E-state index is 0.000248. The van der Waals surface area contributed by atoms with Gasteiger partial charge in [0.2, 0.25) is 0 Å². The number of ether oxygens (including phenoxy) is 1. The minimum Gasteiger partial charge on any atom is -0.461 e. The number of carbonyl (C=O) groups excluding carboxylic acids is 2. The number of hydrogen-bond donors (Lipinski definition) is 1. The number of rotatable bonds is 3. The lowest BCUT2D eigenvalue weighted by atomic mass is 9.77. The number of ketones is 1. The molecule has 0 bridgehead atoms. The van der Waals surface area contributed by atoms with Crippen LogP contribution in [-0.4, -0.2) is 46.1 Å². The molecular weight excluding hydrogens is 320 g/mol. The first-order valence-electron chi connectivity index (χ1n) is 7.87. The molecule has 8 atom stereocenters. The van der Waals surface area contributed by atoms with Gasteiger partial charge in [0.05, 0.1) is 24.9 Å². The molecule has 1 N–H and O–H groups in total. The summed E-state index contributed by atoms with van der Waals surface area (Å²) in [4.78, 5) is 24.4. The Labute approximate surface area is 137 Å². The fraction of sp³-hybridized carbons (Fsp3) is 0.750. The Bertz CT molecular complexity index is 573. The van der Waals surface area contributed by atoms with E-state index in [2.05, 4.69) is 6.58 Å². The van der Waals surface area contributed by atoms with Crippen LogP contribution in [0.3, 0.4) is 0 Å². The first-order valence-corrected chi connectivity index (χ1v) is 9.11. The van der Waals surface area contributed by atoms with Crippen LogP contribution in [0.25, 0.3) is 0 Å². The highest BCUT2D eigenvalue weighted by molar-refractivity contribution is 7.80. The molecule has 1 aliphatic heterocycles. The van der Waals surface area contributed by atoms with E-state index >= 15 is 0 Å². The number of fused-ring (bicyclic) bond motifs is 3. The van der Waals surface area contributed by atoms with Crippen molar-refractivity contribution in [3.8, 4) is 0 Å². The van der Waals surface area contributed by atoms with Gasteiger partial charge in [-0.05, 0) is 12.3 Å². The van der Waals surface area contributed by atoms with Crippen LogP contribution in [0.2, 0.25) is 0 Å². The fourth-order valence-electron chi connectivity index (χ4n) is 4.49. The monoisotopic (exact) mass is 342 g/mol. The van der Waals surface area contributed by atoms with Crippen LogP contribution in [0, 0.1) is 29.6 Å². The second-order valence-electron chi connectivity index (χ2n) is 6.80. The van der Waals surface area contributed by atoms with Gasteiger partial charge in [0, 0.05) is 24.2 Å². The predicted molar refractivity (Wildman–Crippen MR) is 82.4 cm³/mol. The van der Waals surface area contributed by atoms with E-state index in [4.69, 9.17) is 8.92 Å². The Morgan fingerprint density at radius 3 is 2.70 bits per heavy atom. The second-order valence-corrected chi connectivity index (χ2v) is 8.07. The number of aliphatic hydroxyl groups is 1. The van der Waals surface area contributed by atoms with E-state index in [1.165, 1.54) is 7.11 Å². The number of hydrogen-bond acceptors (Lipinski definition) is 6. The van der Waals surface area contributed by atoms with Crippen molar-refractivity contribution in [1.82, 2.24) is 0 Å². The van der Waals surface area contributed by atoms with E-state index in [9.17, 15) is 18.9 Å². The maximum atomic E-state index is 12.3. The Kier molecular flexibility index (Phi) is 4.46. The van der Waals surface area contributed by atoms with Gasteiger partial charge in [-0.3, -0.25) is 13.8 Å². The Hall–Kier alpha value is -1.05. The van der Waals surface area contributed by atoms with E-state index < -0.39 is 41.1 Å². The van der Waals surface area contributed by atoms with Gasteiger partial charge in [-0.15, -0.1) is 0 Å². The SMILES string of the molecule is C=C1CC(O)C2C(CS(=O)OC)C(=O)OC2C2C(C)C(=O)CC12. The van der Waals surface area contributed by atoms with E-state index in [0.717, 1.165) is 5.57 Å². The summed E-state index contributed by atoms with van der Waals surface area (Å²) in [5.41, 5.74) is 0.845. The molecule has 6 nitrogen and oxygen atoms in total. The first kappa shape index (κ1) is 16.8. The van der Waals surface area contributed by atoms with E-state index in [1.807, 2.05) is 6.92 Å². The average molecular weight is 342 g/mol. The van der Waals surface area contributed by atoms with Gasteiger partial charge in [0.1, 0.15) is 11.9 Å². The lowest BCUT2D eigenvalue weighted by Crippen LogP contribution is -2.39. The summed E-state index contributed by atoms with van der Waals surface area (Å²) < 4.78 is 22.1. The van der Waals surface area contributed by atoms with Crippen molar-refractivity contribution >= 4 is 22.8 Å². The zero-order chi connectivity index (χ0) is 16.9. The van der Waals surface area contributed by atoms with Crippen LogP contribution < -0.4 is 0 Å². The smallest absolute Gasteiger partial charge is 0.310 e. The highest BCUT2D eigenvalue weighted by atomic mass is 32.2. The van der Waals surface area contributed by atoms with Crippen LogP contribution in [0.5, 0.6) is 0 Å². The van der Waals surface area contributed by atoms with Crippen molar-refractivity contribution in [2.24, 2.45) is 29.6 Å². The zero-order valence-electron chi connectivity index (χ0n) is 13.3. The normalized spacial score (nSPS) is 44.5. The number of esters is 1. The van der Waals surface area contributed by atoms with Crippen molar-refractivity contribution in [3.05, 3.63) is 12.2 Å². The summed E-state index contributed by atoms with van der Waals surface area (Å²) >= 11 is -1.61. The van der Waals surface area contributed by atoms with Crippen LogP contribution in [0.4, 0.5) is 0 Å². The Balaban J connectivity index is 1.95. The molecule has 0 aromatic rings.